The van der Waals surface area contributed by atoms with Crippen LogP contribution in [0.25, 0.3) is 0 Å². The Labute approximate surface area is 212 Å². The summed E-state index contributed by atoms with van der Waals surface area (Å²) in [4.78, 5) is 0. The average molecular weight is 483 g/mol. The first-order valence-electron chi connectivity index (χ1n) is 12.1. The fourth-order valence-corrected chi connectivity index (χ4v) is 4.35. The van der Waals surface area contributed by atoms with Crippen LogP contribution in [-0.2, 0) is 25.7 Å². The van der Waals surface area contributed by atoms with Crippen molar-refractivity contribution < 1.29 is 23.7 Å². The van der Waals surface area contributed by atoms with Crippen LogP contribution in [-0.4, -0.2) is 21.0 Å². The predicted molar refractivity (Wildman–Crippen MR) is 140 cm³/mol. The highest BCUT2D eigenvalue weighted by Gasteiger charge is 2.13. The summed E-state index contributed by atoms with van der Waals surface area (Å²) in [6.07, 6.45) is 3.59. The first kappa shape index (κ1) is 23.6. The molecule has 0 N–H and O–H groups in total. The number of hydrogen-bond acceptors (Lipinski definition) is 5. The van der Waals surface area contributed by atoms with Gasteiger partial charge in [0, 0.05) is 6.07 Å². The van der Waals surface area contributed by atoms with Crippen molar-refractivity contribution in [1.29, 1.82) is 0 Å². The molecular formula is C31H30O5. The van der Waals surface area contributed by atoms with Crippen LogP contribution in [0.1, 0.15) is 22.3 Å². The summed E-state index contributed by atoms with van der Waals surface area (Å²) in [7, 11) is 3.37. The van der Waals surface area contributed by atoms with Gasteiger partial charge >= 0.3 is 0 Å². The zero-order valence-corrected chi connectivity index (χ0v) is 20.7. The monoisotopic (exact) mass is 482 g/mol. The van der Waals surface area contributed by atoms with Crippen molar-refractivity contribution in [3.63, 3.8) is 0 Å². The van der Waals surface area contributed by atoms with Gasteiger partial charge in [-0.15, -0.1) is 0 Å². The molecule has 0 fully saturated rings. The fourth-order valence-electron chi connectivity index (χ4n) is 4.35. The molecule has 5 nitrogen and oxygen atoms in total. The molecule has 1 aliphatic heterocycles. The molecule has 0 aromatic heterocycles. The normalized spacial score (nSPS) is 11.8. The van der Waals surface area contributed by atoms with Gasteiger partial charge in [0.15, 0.2) is 11.5 Å². The molecule has 0 bridgehead atoms. The quantitative estimate of drug-likeness (QED) is 0.249. The average Bonchev–Trinajstić information content (AvgIpc) is 3.39. The maximum absolute atomic E-state index is 6.27. The molecule has 1 heterocycles. The molecular weight excluding hydrogens is 452 g/mol. The van der Waals surface area contributed by atoms with Gasteiger partial charge in [-0.1, -0.05) is 30.3 Å². The molecule has 5 rings (SSSR count). The van der Waals surface area contributed by atoms with Crippen molar-refractivity contribution in [2.24, 2.45) is 0 Å². The van der Waals surface area contributed by atoms with Crippen LogP contribution in [0.5, 0.6) is 34.5 Å². The lowest BCUT2D eigenvalue weighted by Crippen LogP contribution is -1.96. The Morgan fingerprint density at radius 2 is 1.11 bits per heavy atom. The highest BCUT2D eigenvalue weighted by atomic mass is 16.7. The number of hydrogen-bond donors (Lipinski definition) is 0. The molecule has 0 amide bonds. The number of methoxy groups -OCH3 is 2. The number of ether oxygens (including phenoxy) is 5. The number of rotatable bonds is 10. The van der Waals surface area contributed by atoms with Gasteiger partial charge in [0.25, 0.3) is 0 Å². The van der Waals surface area contributed by atoms with Crippen molar-refractivity contribution in [3.05, 3.63) is 107 Å². The Kier molecular flexibility index (Phi) is 7.27. The van der Waals surface area contributed by atoms with E-state index >= 15 is 0 Å². The Hall–Kier alpha value is -4.12. The standard InChI is InChI=1S/C31H30O5/c1-32-26-7-3-5-22(15-26)11-12-25-17-28(33-2)20-29(18-25)36-27-8-4-6-23(16-27)9-10-24-13-14-30-31(19-24)35-21-34-30/h3-8,13-20H,9-12,21H2,1-2H3. The number of aryl methyl sites for hydroxylation is 4. The van der Waals surface area contributed by atoms with E-state index in [4.69, 9.17) is 23.7 Å². The van der Waals surface area contributed by atoms with E-state index in [9.17, 15) is 0 Å². The minimum Gasteiger partial charge on any atom is -0.497 e. The van der Waals surface area contributed by atoms with Crippen molar-refractivity contribution in [2.75, 3.05) is 21.0 Å². The highest BCUT2D eigenvalue weighted by molar-refractivity contribution is 5.45. The third-order valence-corrected chi connectivity index (χ3v) is 6.29. The lowest BCUT2D eigenvalue weighted by molar-refractivity contribution is 0.174. The SMILES string of the molecule is COc1cccc(CCc2cc(OC)cc(Oc3cccc(CCc4ccc5c(c4)OCO5)c3)c2)c1. The lowest BCUT2D eigenvalue weighted by atomic mass is 10.0. The summed E-state index contributed by atoms with van der Waals surface area (Å²) in [5.74, 6) is 4.88. The summed E-state index contributed by atoms with van der Waals surface area (Å²) in [6.45, 7) is 0.297. The molecule has 0 aliphatic carbocycles. The Bertz CT molecular complexity index is 1330. The van der Waals surface area contributed by atoms with Crippen molar-refractivity contribution in [2.45, 2.75) is 25.7 Å². The van der Waals surface area contributed by atoms with Crippen LogP contribution in [0.4, 0.5) is 0 Å². The first-order chi connectivity index (χ1) is 17.7. The largest absolute Gasteiger partial charge is 0.497 e. The third kappa shape index (κ3) is 5.92. The van der Waals surface area contributed by atoms with E-state index < -0.39 is 0 Å². The first-order valence-corrected chi connectivity index (χ1v) is 12.1. The summed E-state index contributed by atoms with van der Waals surface area (Å²) in [5, 5.41) is 0. The topological polar surface area (TPSA) is 46.2 Å². The Morgan fingerprint density at radius 1 is 0.528 bits per heavy atom. The van der Waals surface area contributed by atoms with E-state index in [1.807, 2.05) is 36.4 Å². The van der Waals surface area contributed by atoms with Crippen LogP contribution in [0.3, 0.4) is 0 Å². The molecule has 0 spiro atoms. The van der Waals surface area contributed by atoms with Gasteiger partial charge in [-0.3, -0.25) is 0 Å². The van der Waals surface area contributed by atoms with Crippen LogP contribution in [0.15, 0.2) is 84.9 Å². The van der Waals surface area contributed by atoms with E-state index in [1.165, 1.54) is 16.7 Å². The van der Waals surface area contributed by atoms with Crippen molar-refractivity contribution in [3.8, 4) is 34.5 Å². The van der Waals surface area contributed by atoms with Crippen LogP contribution in [0.2, 0.25) is 0 Å². The van der Waals surface area contributed by atoms with E-state index in [1.54, 1.807) is 14.2 Å². The minimum atomic E-state index is 0.297. The number of benzene rings is 4. The van der Waals surface area contributed by atoms with Gasteiger partial charge in [-0.05, 0) is 96.5 Å². The zero-order chi connectivity index (χ0) is 24.7. The summed E-state index contributed by atoms with van der Waals surface area (Å²) in [5.41, 5.74) is 4.83. The lowest BCUT2D eigenvalue weighted by Gasteiger charge is -2.12. The molecule has 0 unspecified atom stereocenters. The molecule has 0 radical (unpaired) electrons. The summed E-state index contributed by atoms with van der Waals surface area (Å²) in [6, 6.07) is 28.6. The summed E-state index contributed by atoms with van der Waals surface area (Å²) < 4.78 is 28.1. The molecule has 1 aliphatic rings. The third-order valence-electron chi connectivity index (χ3n) is 6.29. The predicted octanol–water partition coefficient (Wildman–Crippen LogP) is 6.80. The van der Waals surface area contributed by atoms with E-state index in [0.717, 1.165) is 65.7 Å². The Balaban J connectivity index is 1.24. The minimum absolute atomic E-state index is 0.297. The molecule has 36 heavy (non-hydrogen) atoms. The smallest absolute Gasteiger partial charge is 0.231 e. The van der Waals surface area contributed by atoms with Crippen LogP contribution < -0.4 is 23.7 Å². The number of fused-ring (bicyclic) bond motifs is 1. The maximum atomic E-state index is 6.27. The fraction of sp³-hybridized carbons (Fsp3) is 0.226. The molecule has 0 saturated carbocycles. The van der Waals surface area contributed by atoms with Crippen LogP contribution >= 0.6 is 0 Å². The molecule has 5 heteroatoms. The van der Waals surface area contributed by atoms with Gasteiger partial charge in [-0.25, -0.2) is 0 Å². The molecule has 0 atom stereocenters. The Morgan fingerprint density at radius 3 is 1.86 bits per heavy atom. The second-order valence-corrected chi connectivity index (χ2v) is 8.81. The molecule has 4 aromatic carbocycles. The molecule has 4 aromatic rings. The van der Waals surface area contributed by atoms with Gasteiger partial charge in [0.05, 0.1) is 14.2 Å². The van der Waals surface area contributed by atoms with Crippen LogP contribution in [0, 0.1) is 0 Å². The van der Waals surface area contributed by atoms with E-state index in [0.29, 0.717) is 6.79 Å². The van der Waals surface area contributed by atoms with E-state index in [2.05, 4.69) is 48.5 Å². The van der Waals surface area contributed by atoms with E-state index in [-0.39, 0.29) is 0 Å². The summed E-state index contributed by atoms with van der Waals surface area (Å²) >= 11 is 0. The highest BCUT2D eigenvalue weighted by Crippen LogP contribution is 2.33. The van der Waals surface area contributed by atoms with Gasteiger partial charge in [-0.2, -0.15) is 0 Å². The second-order valence-electron chi connectivity index (χ2n) is 8.81. The maximum Gasteiger partial charge on any atom is 0.231 e. The molecule has 184 valence electrons. The molecule has 0 saturated heterocycles. The van der Waals surface area contributed by atoms with Crippen molar-refractivity contribution >= 4 is 0 Å². The zero-order valence-electron chi connectivity index (χ0n) is 20.7. The van der Waals surface area contributed by atoms with Gasteiger partial charge in [0.2, 0.25) is 6.79 Å². The van der Waals surface area contributed by atoms with Gasteiger partial charge < -0.3 is 23.7 Å². The second kappa shape index (κ2) is 11.1. The van der Waals surface area contributed by atoms with Gasteiger partial charge in [0.1, 0.15) is 23.0 Å². The van der Waals surface area contributed by atoms with Crippen molar-refractivity contribution in [1.82, 2.24) is 0 Å².